The standard InChI is InChI=1S/C13H15ClN4O/c1-10-15-6-8-18(10)9-7-16-13(19)17-12-5-3-2-4-11(12)14/h2-6,8H,7,9H2,1H3,(H2,16,17,19). The zero-order valence-corrected chi connectivity index (χ0v) is 11.3. The first-order valence-corrected chi connectivity index (χ1v) is 6.32. The van der Waals surface area contributed by atoms with Gasteiger partial charge in [0.25, 0.3) is 0 Å². The molecule has 1 heterocycles. The van der Waals surface area contributed by atoms with Gasteiger partial charge in [0.1, 0.15) is 5.82 Å². The molecule has 0 spiro atoms. The number of hydrogen-bond acceptors (Lipinski definition) is 2. The first-order chi connectivity index (χ1) is 9.16. The number of aromatic nitrogens is 2. The molecule has 1 aromatic heterocycles. The molecule has 0 bridgehead atoms. The van der Waals surface area contributed by atoms with E-state index in [1.165, 1.54) is 0 Å². The van der Waals surface area contributed by atoms with E-state index in [4.69, 9.17) is 11.6 Å². The Morgan fingerprint density at radius 1 is 1.42 bits per heavy atom. The quantitative estimate of drug-likeness (QED) is 0.903. The molecule has 5 nitrogen and oxygen atoms in total. The molecule has 0 radical (unpaired) electrons. The average molecular weight is 279 g/mol. The number of para-hydroxylation sites is 1. The van der Waals surface area contributed by atoms with Gasteiger partial charge in [-0.1, -0.05) is 23.7 Å². The predicted molar refractivity (Wildman–Crippen MR) is 75.4 cm³/mol. The lowest BCUT2D eigenvalue weighted by atomic mass is 10.3. The molecule has 2 rings (SSSR count). The molecule has 0 fully saturated rings. The minimum Gasteiger partial charge on any atom is -0.336 e. The SMILES string of the molecule is Cc1nccn1CCNC(=O)Nc1ccccc1Cl. The molecule has 0 saturated carbocycles. The Balaban J connectivity index is 1.79. The van der Waals surface area contributed by atoms with Gasteiger partial charge in [0.05, 0.1) is 10.7 Å². The van der Waals surface area contributed by atoms with Crippen LogP contribution >= 0.6 is 11.6 Å². The number of rotatable bonds is 4. The molecular formula is C13H15ClN4O. The summed E-state index contributed by atoms with van der Waals surface area (Å²) in [5.41, 5.74) is 0.598. The zero-order chi connectivity index (χ0) is 13.7. The maximum atomic E-state index is 11.7. The number of hydrogen-bond donors (Lipinski definition) is 2. The van der Waals surface area contributed by atoms with Crippen LogP contribution in [0.15, 0.2) is 36.7 Å². The lowest BCUT2D eigenvalue weighted by Crippen LogP contribution is -2.31. The number of benzene rings is 1. The lowest BCUT2D eigenvalue weighted by Gasteiger charge is -2.09. The van der Waals surface area contributed by atoms with Crippen LogP contribution in [0, 0.1) is 6.92 Å². The molecule has 0 aliphatic heterocycles. The van der Waals surface area contributed by atoms with Gasteiger partial charge < -0.3 is 15.2 Å². The number of halogens is 1. The Hall–Kier alpha value is -2.01. The molecule has 2 aromatic rings. The summed E-state index contributed by atoms with van der Waals surface area (Å²) in [6, 6.07) is 6.84. The minimum atomic E-state index is -0.272. The summed E-state index contributed by atoms with van der Waals surface area (Å²) in [7, 11) is 0. The van der Waals surface area contributed by atoms with Crippen molar-refractivity contribution in [1.82, 2.24) is 14.9 Å². The fraction of sp³-hybridized carbons (Fsp3) is 0.231. The van der Waals surface area contributed by atoms with Gasteiger partial charge in [0, 0.05) is 25.5 Å². The summed E-state index contributed by atoms with van der Waals surface area (Å²) in [6.45, 7) is 3.12. The smallest absolute Gasteiger partial charge is 0.319 e. The molecule has 0 unspecified atom stereocenters. The number of urea groups is 1. The monoisotopic (exact) mass is 278 g/mol. The Bertz CT molecular complexity index is 567. The molecular weight excluding hydrogens is 264 g/mol. The van der Waals surface area contributed by atoms with Crippen molar-refractivity contribution in [2.24, 2.45) is 0 Å². The summed E-state index contributed by atoms with van der Waals surface area (Å²) in [5.74, 6) is 0.924. The van der Waals surface area contributed by atoms with Crippen molar-refractivity contribution in [1.29, 1.82) is 0 Å². The van der Waals surface area contributed by atoms with E-state index in [0.717, 1.165) is 5.82 Å². The lowest BCUT2D eigenvalue weighted by molar-refractivity contribution is 0.251. The van der Waals surface area contributed by atoms with Crippen molar-refractivity contribution in [2.45, 2.75) is 13.5 Å². The largest absolute Gasteiger partial charge is 0.336 e. The van der Waals surface area contributed by atoms with Gasteiger partial charge in [0.2, 0.25) is 0 Å². The molecule has 0 aliphatic rings. The van der Waals surface area contributed by atoms with Crippen molar-refractivity contribution in [3.8, 4) is 0 Å². The van der Waals surface area contributed by atoms with Gasteiger partial charge in [-0.3, -0.25) is 0 Å². The van der Waals surface area contributed by atoms with Crippen molar-refractivity contribution in [2.75, 3.05) is 11.9 Å². The van der Waals surface area contributed by atoms with Crippen molar-refractivity contribution >= 4 is 23.3 Å². The Kier molecular flexibility index (Phi) is 4.41. The molecule has 0 atom stereocenters. The summed E-state index contributed by atoms with van der Waals surface area (Å²) in [5, 5.41) is 5.98. The Labute approximate surface area is 116 Å². The number of carbonyl (C=O) groups excluding carboxylic acids is 1. The van der Waals surface area contributed by atoms with Crippen LogP contribution in [0.4, 0.5) is 10.5 Å². The van der Waals surface area contributed by atoms with Crippen LogP contribution in [0.5, 0.6) is 0 Å². The van der Waals surface area contributed by atoms with Crippen molar-refractivity contribution < 1.29 is 4.79 Å². The van der Waals surface area contributed by atoms with Crippen LogP contribution in [0.1, 0.15) is 5.82 Å². The second kappa shape index (κ2) is 6.24. The number of aryl methyl sites for hydroxylation is 1. The van der Waals surface area contributed by atoms with Crippen molar-refractivity contribution in [3.63, 3.8) is 0 Å². The summed E-state index contributed by atoms with van der Waals surface area (Å²) in [4.78, 5) is 15.8. The van der Waals surface area contributed by atoms with Gasteiger partial charge >= 0.3 is 6.03 Å². The highest BCUT2D eigenvalue weighted by atomic mass is 35.5. The van der Waals surface area contributed by atoms with Crippen LogP contribution in [-0.2, 0) is 6.54 Å². The molecule has 0 saturated heterocycles. The molecule has 100 valence electrons. The first-order valence-electron chi connectivity index (χ1n) is 5.94. The third-order valence-electron chi connectivity index (χ3n) is 2.68. The molecule has 2 N–H and O–H groups in total. The van der Waals surface area contributed by atoms with Gasteiger partial charge in [-0.05, 0) is 19.1 Å². The Morgan fingerprint density at radius 3 is 2.89 bits per heavy atom. The van der Waals surface area contributed by atoms with Gasteiger partial charge in [-0.2, -0.15) is 0 Å². The van der Waals surface area contributed by atoms with Gasteiger partial charge in [0.15, 0.2) is 0 Å². The fourth-order valence-corrected chi connectivity index (χ4v) is 1.84. The highest BCUT2D eigenvalue weighted by Crippen LogP contribution is 2.19. The van der Waals surface area contributed by atoms with Crippen LogP contribution in [0.25, 0.3) is 0 Å². The van der Waals surface area contributed by atoms with E-state index in [9.17, 15) is 4.79 Å². The molecule has 0 aliphatic carbocycles. The highest BCUT2D eigenvalue weighted by Gasteiger charge is 2.04. The number of nitrogens with zero attached hydrogens (tertiary/aromatic N) is 2. The van der Waals surface area contributed by atoms with E-state index in [0.29, 0.717) is 23.8 Å². The fourth-order valence-electron chi connectivity index (χ4n) is 1.66. The second-order valence-electron chi connectivity index (χ2n) is 4.03. The van der Waals surface area contributed by atoms with Gasteiger partial charge in [-0.15, -0.1) is 0 Å². The molecule has 1 aromatic carbocycles. The van der Waals surface area contributed by atoms with E-state index in [2.05, 4.69) is 15.6 Å². The van der Waals surface area contributed by atoms with Crippen LogP contribution < -0.4 is 10.6 Å². The van der Waals surface area contributed by atoms with Gasteiger partial charge in [-0.25, -0.2) is 9.78 Å². The van der Waals surface area contributed by atoms with Crippen LogP contribution in [0.3, 0.4) is 0 Å². The summed E-state index contributed by atoms with van der Waals surface area (Å²) >= 11 is 5.95. The topological polar surface area (TPSA) is 59.0 Å². The van der Waals surface area contributed by atoms with E-state index in [1.54, 1.807) is 18.3 Å². The van der Waals surface area contributed by atoms with E-state index in [-0.39, 0.29) is 6.03 Å². The van der Waals surface area contributed by atoms with E-state index >= 15 is 0 Å². The predicted octanol–water partition coefficient (Wildman–Crippen LogP) is 2.67. The summed E-state index contributed by atoms with van der Waals surface area (Å²) < 4.78 is 1.97. The highest BCUT2D eigenvalue weighted by molar-refractivity contribution is 6.33. The maximum Gasteiger partial charge on any atom is 0.319 e. The Morgan fingerprint density at radius 2 is 2.21 bits per heavy atom. The number of anilines is 1. The second-order valence-corrected chi connectivity index (χ2v) is 4.44. The number of carbonyl (C=O) groups is 1. The zero-order valence-electron chi connectivity index (χ0n) is 10.6. The first kappa shape index (κ1) is 13.4. The third kappa shape index (κ3) is 3.72. The minimum absolute atomic E-state index is 0.272. The summed E-state index contributed by atoms with van der Waals surface area (Å²) in [6.07, 6.45) is 3.61. The maximum absolute atomic E-state index is 11.7. The number of imidazole rings is 1. The molecule has 2 amide bonds. The van der Waals surface area contributed by atoms with Crippen LogP contribution in [0.2, 0.25) is 5.02 Å². The molecule has 6 heteroatoms. The van der Waals surface area contributed by atoms with E-state index in [1.807, 2.05) is 29.8 Å². The van der Waals surface area contributed by atoms with Crippen LogP contribution in [-0.4, -0.2) is 22.1 Å². The number of nitrogens with one attached hydrogen (secondary N) is 2. The number of amides is 2. The third-order valence-corrected chi connectivity index (χ3v) is 3.01. The van der Waals surface area contributed by atoms with E-state index < -0.39 is 0 Å². The normalized spacial score (nSPS) is 10.2. The average Bonchev–Trinajstić information content (AvgIpc) is 2.78. The molecule has 19 heavy (non-hydrogen) atoms. The van der Waals surface area contributed by atoms with Crippen molar-refractivity contribution in [3.05, 3.63) is 47.5 Å².